The molecule has 0 aromatic heterocycles. The summed E-state index contributed by atoms with van der Waals surface area (Å²) in [6.45, 7) is 2.28. The Kier molecular flexibility index (Phi) is 6.44. The Hall–Kier alpha value is -1.87. The molecule has 0 N–H and O–H groups in total. The maximum Gasteiger partial charge on any atom is 0.320 e. The van der Waals surface area contributed by atoms with Gasteiger partial charge in [0.15, 0.2) is 0 Å². The van der Waals surface area contributed by atoms with Crippen LogP contribution in [-0.2, 0) is 16.6 Å². The monoisotopic (exact) mass is 485 g/mol. The van der Waals surface area contributed by atoms with Crippen LogP contribution in [0.2, 0.25) is 10.0 Å². The molecule has 0 radical (unpaired) electrons. The summed E-state index contributed by atoms with van der Waals surface area (Å²) in [6.07, 6.45) is 1.13. The summed E-state index contributed by atoms with van der Waals surface area (Å²) in [4.78, 5) is 16.5. The first-order chi connectivity index (χ1) is 14.8. The number of hydrogen-bond acceptors (Lipinski definition) is 3. The zero-order valence-corrected chi connectivity index (χ0v) is 19.0. The molecule has 10 heteroatoms. The molecule has 0 saturated carbocycles. The fourth-order valence-corrected chi connectivity index (χ4v) is 5.94. The number of halogens is 3. The molecule has 0 bridgehead atoms. The van der Waals surface area contributed by atoms with E-state index in [2.05, 4.69) is 0 Å². The first kappa shape index (κ1) is 22.3. The lowest BCUT2D eigenvalue weighted by Gasteiger charge is -2.36. The summed E-state index contributed by atoms with van der Waals surface area (Å²) in [6, 6.07) is 10.4. The van der Waals surface area contributed by atoms with E-state index in [1.54, 1.807) is 17.0 Å². The van der Waals surface area contributed by atoms with Crippen LogP contribution in [0.4, 0.5) is 9.18 Å². The van der Waals surface area contributed by atoms with Gasteiger partial charge >= 0.3 is 6.03 Å². The van der Waals surface area contributed by atoms with E-state index in [1.165, 1.54) is 34.6 Å². The van der Waals surface area contributed by atoms with Crippen molar-refractivity contribution < 1.29 is 17.6 Å². The van der Waals surface area contributed by atoms with E-state index in [0.29, 0.717) is 50.6 Å². The van der Waals surface area contributed by atoms with Gasteiger partial charge in [0, 0.05) is 38.8 Å². The van der Waals surface area contributed by atoms with Gasteiger partial charge < -0.3 is 9.80 Å². The highest BCUT2D eigenvalue weighted by Crippen LogP contribution is 2.29. The Balaban J connectivity index is 1.37. The van der Waals surface area contributed by atoms with Gasteiger partial charge in [-0.1, -0.05) is 35.3 Å². The highest BCUT2D eigenvalue weighted by Gasteiger charge is 2.37. The molecule has 0 aliphatic carbocycles. The average Bonchev–Trinajstić information content (AvgIpc) is 3.12. The fraction of sp³-hybridized carbons (Fsp3) is 0.381. The Morgan fingerprint density at radius 3 is 2.26 bits per heavy atom. The van der Waals surface area contributed by atoms with Crippen LogP contribution in [0.1, 0.15) is 18.4 Å². The van der Waals surface area contributed by atoms with Gasteiger partial charge in [-0.3, -0.25) is 0 Å². The molecule has 0 atom stereocenters. The van der Waals surface area contributed by atoms with Crippen LogP contribution in [0.15, 0.2) is 47.4 Å². The largest absolute Gasteiger partial charge is 0.320 e. The number of carbonyl (C=O) groups is 1. The second-order valence-corrected chi connectivity index (χ2v) is 10.5. The molecule has 2 fully saturated rings. The molecule has 2 heterocycles. The molecule has 2 saturated heterocycles. The lowest BCUT2D eigenvalue weighted by molar-refractivity contribution is 0.153. The molecule has 2 aromatic rings. The Morgan fingerprint density at radius 2 is 1.61 bits per heavy atom. The lowest BCUT2D eigenvalue weighted by Crippen LogP contribution is -2.47. The molecule has 2 aromatic carbocycles. The third-order valence-electron chi connectivity index (χ3n) is 5.81. The van der Waals surface area contributed by atoms with E-state index in [9.17, 15) is 17.6 Å². The molecule has 2 amide bonds. The topological polar surface area (TPSA) is 60.9 Å². The van der Waals surface area contributed by atoms with E-state index in [4.69, 9.17) is 23.2 Å². The third-order valence-corrected chi connectivity index (χ3v) is 8.44. The van der Waals surface area contributed by atoms with Crippen LogP contribution in [0.5, 0.6) is 0 Å². The van der Waals surface area contributed by atoms with Gasteiger partial charge in [-0.2, -0.15) is 4.31 Å². The number of urea groups is 1. The Morgan fingerprint density at radius 1 is 0.935 bits per heavy atom. The summed E-state index contributed by atoms with van der Waals surface area (Å²) in [5.74, 6) is -0.305. The minimum absolute atomic E-state index is 0.00836. The SMILES string of the molecule is O=C1N(Cc2ccc(F)cc2)CCN1C1CCN(S(=O)(=O)c2ccc(Cl)c(Cl)c2)CC1. The number of piperidine rings is 1. The van der Waals surface area contributed by atoms with E-state index >= 15 is 0 Å². The molecule has 166 valence electrons. The van der Waals surface area contributed by atoms with Crippen molar-refractivity contribution in [2.24, 2.45) is 0 Å². The summed E-state index contributed by atoms with van der Waals surface area (Å²) in [5, 5.41) is 0.499. The van der Waals surface area contributed by atoms with Crippen molar-refractivity contribution >= 4 is 39.3 Å². The summed E-state index contributed by atoms with van der Waals surface area (Å²) < 4.78 is 40.4. The second kappa shape index (κ2) is 8.94. The van der Waals surface area contributed by atoms with Gasteiger partial charge in [0.1, 0.15) is 5.82 Å². The van der Waals surface area contributed by atoms with Gasteiger partial charge in [0.05, 0.1) is 14.9 Å². The number of carbonyl (C=O) groups excluding carboxylic acids is 1. The van der Waals surface area contributed by atoms with Crippen molar-refractivity contribution in [3.8, 4) is 0 Å². The highest BCUT2D eigenvalue weighted by molar-refractivity contribution is 7.89. The van der Waals surface area contributed by atoms with Gasteiger partial charge in [0.2, 0.25) is 10.0 Å². The van der Waals surface area contributed by atoms with Gasteiger partial charge in [-0.25, -0.2) is 17.6 Å². The molecule has 2 aliphatic rings. The molecular formula is C21H22Cl2FN3O3S. The molecule has 2 aliphatic heterocycles. The molecule has 4 rings (SSSR count). The standard InChI is InChI=1S/C21H22Cl2FN3O3S/c22-19-6-5-18(13-20(19)23)31(29,30)26-9-7-17(8-10-26)27-12-11-25(21(27)28)14-15-1-3-16(24)4-2-15/h1-6,13,17H,7-12,14H2. The predicted octanol–water partition coefficient (Wildman–Crippen LogP) is 4.22. The lowest BCUT2D eigenvalue weighted by atomic mass is 10.1. The molecule has 6 nitrogen and oxygen atoms in total. The molecular weight excluding hydrogens is 464 g/mol. The smallest absolute Gasteiger partial charge is 0.320 e. The second-order valence-electron chi connectivity index (χ2n) is 7.74. The first-order valence-corrected chi connectivity index (χ1v) is 12.2. The third kappa shape index (κ3) is 4.67. The number of nitrogens with zero attached hydrogens (tertiary/aromatic N) is 3. The van der Waals surface area contributed by atoms with Gasteiger partial charge in [-0.05, 0) is 48.7 Å². The van der Waals surface area contributed by atoms with Crippen LogP contribution in [0, 0.1) is 5.82 Å². The number of rotatable bonds is 5. The highest BCUT2D eigenvalue weighted by atomic mass is 35.5. The number of amides is 2. The number of hydrogen-bond donors (Lipinski definition) is 0. The summed E-state index contributed by atoms with van der Waals surface area (Å²) >= 11 is 11.9. The first-order valence-electron chi connectivity index (χ1n) is 10.0. The van der Waals surface area contributed by atoms with E-state index < -0.39 is 10.0 Å². The maximum absolute atomic E-state index is 13.1. The maximum atomic E-state index is 13.1. The van der Waals surface area contributed by atoms with Crippen molar-refractivity contribution in [2.45, 2.75) is 30.3 Å². The number of benzene rings is 2. The molecule has 0 unspecified atom stereocenters. The zero-order valence-electron chi connectivity index (χ0n) is 16.7. The average molecular weight is 486 g/mol. The zero-order chi connectivity index (χ0) is 22.2. The summed E-state index contributed by atoms with van der Waals surface area (Å²) in [5.41, 5.74) is 0.874. The van der Waals surface area contributed by atoms with Crippen LogP contribution in [-0.4, -0.2) is 60.8 Å². The quantitative estimate of drug-likeness (QED) is 0.636. The van der Waals surface area contributed by atoms with Crippen molar-refractivity contribution in [1.29, 1.82) is 0 Å². The van der Waals surface area contributed by atoms with Crippen LogP contribution < -0.4 is 0 Å². The van der Waals surface area contributed by atoms with Gasteiger partial charge in [-0.15, -0.1) is 0 Å². The van der Waals surface area contributed by atoms with E-state index in [-0.39, 0.29) is 27.8 Å². The van der Waals surface area contributed by atoms with Crippen LogP contribution >= 0.6 is 23.2 Å². The van der Waals surface area contributed by atoms with E-state index in [0.717, 1.165) is 5.56 Å². The number of sulfonamides is 1. The van der Waals surface area contributed by atoms with Crippen molar-refractivity contribution in [1.82, 2.24) is 14.1 Å². The van der Waals surface area contributed by atoms with E-state index in [1.807, 2.05) is 4.90 Å². The molecule has 0 spiro atoms. The van der Waals surface area contributed by atoms with Crippen LogP contribution in [0.3, 0.4) is 0 Å². The minimum Gasteiger partial charge on any atom is -0.320 e. The Bertz CT molecular complexity index is 1070. The normalized spacial score (nSPS) is 18.7. The minimum atomic E-state index is -3.67. The van der Waals surface area contributed by atoms with Crippen molar-refractivity contribution in [3.05, 3.63) is 63.9 Å². The summed E-state index contributed by atoms with van der Waals surface area (Å²) in [7, 11) is -3.67. The predicted molar refractivity (Wildman–Crippen MR) is 117 cm³/mol. The van der Waals surface area contributed by atoms with Crippen molar-refractivity contribution in [3.63, 3.8) is 0 Å². The fourth-order valence-electron chi connectivity index (χ4n) is 4.08. The van der Waals surface area contributed by atoms with Crippen LogP contribution in [0.25, 0.3) is 0 Å². The Labute approximate surface area is 191 Å². The molecule has 31 heavy (non-hydrogen) atoms. The van der Waals surface area contributed by atoms with Crippen molar-refractivity contribution in [2.75, 3.05) is 26.2 Å². The van der Waals surface area contributed by atoms with Gasteiger partial charge in [0.25, 0.3) is 0 Å².